The van der Waals surface area contributed by atoms with Gasteiger partial charge in [-0.05, 0) is 13.0 Å². The maximum absolute atomic E-state index is 12.1. The molecule has 0 radical (unpaired) electrons. The number of nitrogens with zero attached hydrogens (tertiary/aromatic N) is 3. The van der Waals surface area contributed by atoms with Crippen molar-refractivity contribution in [2.45, 2.75) is 13.3 Å². The van der Waals surface area contributed by atoms with Crippen LogP contribution in [0.3, 0.4) is 0 Å². The van der Waals surface area contributed by atoms with Gasteiger partial charge in [-0.25, -0.2) is 18.7 Å². The van der Waals surface area contributed by atoms with Gasteiger partial charge in [0.1, 0.15) is 16.0 Å². The smallest absolute Gasteiger partial charge is 0.272 e. The standard InChI is InChI=1S/C10H7Cl2F2N3O/c1-4-15-8(12)5-2-6(11)10(17-9(5)16-4)18-3-7(13)14/h2,7H,3H2,1H3. The van der Waals surface area contributed by atoms with E-state index < -0.39 is 13.0 Å². The highest BCUT2D eigenvalue weighted by molar-refractivity contribution is 6.36. The van der Waals surface area contributed by atoms with Crippen LogP contribution < -0.4 is 4.74 Å². The largest absolute Gasteiger partial charge is 0.470 e. The predicted molar refractivity (Wildman–Crippen MR) is 63.6 cm³/mol. The first kappa shape index (κ1) is 13.2. The van der Waals surface area contributed by atoms with Crippen molar-refractivity contribution in [1.29, 1.82) is 0 Å². The van der Waals surface area contributed by atoms with Gasteiger partial charge in [0, 0.05) is 0 Å². The summed E-state index contributed by atoms with van der Waals surface area (Å²) in [7, 11) is 0. The molecule has 0 N–H and O–H groups in total. The number of hydrogen-bond donors (Lipinski definition) is 0. The zero-order valence-corrected chi connectivity index (χ0v) is 10.6. The summed E-state index contributed by atoms with van der Waals surface area (Å²) < 4.78 is 28.9. The van der Waals surface area contributed by atoms with Gasteiger partial charge in [0.2, 0.25) is 5.88 Å². The van der Waals surface area contributed by atoms with Crippen LogP contribution in [-0.2, 0) is 0 Å². The number of pyridine rings is 1. The lowest BCUT2D eigenvalue weighted by Gasteiger charge is -2.08. The van der Waals surface area contributed by atoms with E-state index in [0.29, 0.717) is 11.2 Å². The van der Waals surface area contributed by atoms with Crippen molar-refractivity contribution >= 4 is 34.2 Å². The number of aryl methyl sites for hydroxylation is 1. The van der Waals surface area contributed by atoms with Crippen molar-refractivity contribution in [2.24, 2.45) is 0 Å². The Morgan fingerprint density at radius 3 is 2.67 bits per heavy atom. The number of halogens is 4. The average Bonchev–Trinajstić information content (AvgIpc) is 2.27. The molecule has 0 aliphatic heterocycles. The average molecular weight is 294 g/mol. The molecule has 0 saturated heterocycles. The number of aromatic nitrogens is 3. The number of ether oxygens (including phenoxy) is 1. The van der Waals surface area contributed by atoms with Crippen molar-refractivity contribution in [1.82, 2.24) is 15.0 Å². The van der Waals surface area contributed by atoms with Crippen molar-refractivity contribution in [2.75, 3.05) is 6.61 Å². The Morgan fingerprint density at radius 1 is 1.28 bits per heavy atom. The third kappa shape index (κ3) is 2.76. The monoisotopic (exact) mass is 293 g/mol. The summed E-state index contributed by atoms with van der Waals surface area (Å²) in [4.78, 5) is 11.9. The van der Waals surface area contributed by atoms with Gasteiger partial charge in [-0.1, -0.05) is 23.2 Å². The van der Waals surface area contributed by atoms with E-state index in [1.54, 1.807) is 6.92 Å². The first-order valence-corrected chi connectivity index (χ1v) is 5.64. The molecule has 0 amide bonds. The van der Waals surface area contributed by atoms with Crippen molar-refractivity contribution in [3.05, 3.63) is 22.1 Å². The Labute approximate surface area is 111 Å². The highest BCUT2D eigenvalue weighted by Gasteiger charge is 2.13. The molecule has 0 atom stereocenters. The topological polar surface area (TPSA) is 47.9 Å². The molecule has 0 fully saturated rings. The molecule has 4 nitrogen and oxygen atoms in total. The highest BCUT2D eigenvalue weighted by atomic mass is 35.5. The summed E-state index contributed by atoms with van der Waals surface area (Å²) in [6, 6.07) is 1.44. The quantitative estimate of drug-likeness (QED) is 0.815. The zero-order valence-electron chi connectivity index (χ0n) is 9.12. The number of fused-ring (bicyclic) bond motifs is 1. The number of hydrogen-bond acceptors (Lipinski definition) is 4. The van der Waals surface area contributed by atoms with Crippen LogP contribution in [0.25, 0.3) is 11.0 Å². The predicted octanol–water partition coefficient (Wildman–Crippen LogP) is 3.28. The fraction of sp³-hybridized carbons (Fsp3) is 0.300. The molecule has 0 aliphatic carbocycles. The summed E-state index contributed by atoms with van der Waals surface area (Å²) in [6.07, 6.45) is -2.60. The summed E-state index contributed by atoms with van der Waals surface area (Å²) in [5, 5.41) is 0.724. The van der Waals surface area contributed by atoms with Crippen LogP contribution in [0, 0.1) is 6.92 Å². The van der Waals surface area contributed by atoms with E-state index in [0.717, 1.165) is 0 Å². The second-order valence-electron chi connectivity index (χ2n) is 3.41. The highest BCUT2D eigenvalue weighted by Crippen LogP contribution is 2.29. The first-order chi connectivity index (χ1) is 8.47. The van der Waals surface area contributed by atoms with Gasteiger partial charge in [0.05, 0.1) is 5.39 Å². The van der Waals surface area contributed by atoms with Crippen LogP contribution >= 0.6 is 23.2 Å². The lowest BCUT2D eigenvalue weighted by Crippen LogP contribution is -2.08. The molecule has 2 rings (SSSR count). The van der Waals surface area contributed by atoms with Crippen molar-refractivity contribution in [3.8, 4) is 5.88 Å². The van der Waals surface area contributed by atoms with Crippen LogP contribution in [0.4, 0.5) is 8.78 Å². The summed E-state index contributed by atoms with van der Waals surface area (Å²) >= 11 is 11.8. The van der Waals surface area contributed by atoms with Gasteiger partial charge in [0.25, 0.3) is 6.43 Å². The minimum atomic E-state index is -2.60. The maximum Gasteiger partial charge on any atom is 0.272 e. The minimum Gasteiger partial charge on any atom is -0.470 e. The molecule has 2 aromatic rings. The molecule has 0 aliphatic rings. The lowest BCUT2D eigenvalue weighted by molar-refractivity contribution is 0.0798. The van der Waals surface area contributed by atoms with Gasteiger partial charge in [-0.15, -0.1) is 0 Å². The van der Waals surface area contributed by atoms with Gasteiger partial charge >= 0.3 is 0 Å². The molecule has 96 valence electrons. The zero-order chi connectivity index (χ0) is 13.3. The van der Waals surface area contributed by atoms with E-state index in [9.17, 15) is 8.78 Å². The summed E-state index contributed by atoms with van der Waals surface area (Å²) in [5.74, 6) is 0.320. The molecule has 2 aromatic heterocycles. The number of alkyl halides is 2. The molecule has 2 heterocycles. The third-order valence-electron chi connectivity index (χ3n) is 2.02. The SMILES string of the molecule is Cc1nc(Cl)c2cc(Cl)c(OCC(F)F)nc2n1. The molecular formula is C10H7Cl2F2N3O. The minimum absolute atomic E-state index is 0.0810. The van der Waals surface area contributed by atoms with E-state index in [2.05, 4.69) is 15.0 Å². The summed E-state index contributed by atoms with van der Waals surface area (Å²) in [6.45, 7) is 0.858. The van der Waals surface area contributed by atoms with Crippen LogP contribution in [0.5, 0.6) is 5.88 Å². The fourth-order valence-electron chi connectivity index (χ4n) is 1.32. The Kier molecular flexibility index (Phi) is 3.77. The molecule has 18 heavy (non-hydrogen) atoms. The second kappa shape index (κ2) is 5.16. The van der Waals surface area contributed by atoms with Crippen molar-refractivity contribution < 1.29 is 13.5 Å². The Balaban J connectivity index is 2.47. The van der Waals surface area contributed by atoms with Crippen LogP contribution in [0.15, 0.2) is 6.07 Å². The van der Waals surface area contributed by atoms with Crippen LogP contribution in [0.1, 0.15) is 5.82 Å². The Bertz CT molecular complexity index is 595. The first-order valence-electron chi connectivity index (χ1n) is 4.88. The van der Waals surface area contributed by atoms with E-state index >= 15 is 0 Å². The van der Waals surface area contributed by atoms with E-state index in [1.165, 1.54) is 6.07 Å². The lowest BCUT2D eigenvalue weighted by atomic mass is 10.3. The van der Waals surface area contributed by atoms with E-state index in [-0.39, 0.29) is 21.7 Å². The maximum atomic E-state index is 12.1. The van der Waals surface area contributed by atoms with Crippen LogP contribution in [0.2, 0.25) is 10.2 Å². The molecule has 0 spiro atoms. The number of rotatable bonds is 3. The van der Waals surface area contributed by atoms with Crippen LogP contribution in [-0.4, -0.2) is 28.0 Å². The van der Waals surface area contributed by atoms with E-state index in [1.807, 2.05) is 0 Å². The normalized spacial score (nSPS) is 11.2. The van der Waals surface area contributed by atoms with Crippen molar-refractivity contribution in [3.63, 3.8) is 0 Å². The van der Waals surface area contributed by atoms with E-state index in [4.69, 9.17) is 27.9 Å². The molecule has 0 unspecified atom stereocenters. The third-order valence-corrected chi connectivity index (χ3v) is 2.58. The molecule has 0 aromatic carbocycles. The van der Waals surface area contributed by atoms with Gasteiger partial charge < -0.3 is 4.74 Å². The Hall–Kier alpha value is -1.27. The van der Waals surface area contributed by atoms with Gasteiger partial charge in [-0.2, -0.15) is 4.98 Å². The van der Waals surface area contributed by atoms with Gasteiger partial charge in [0.15, 0.2) is 12.3 Å². The molecule has 0 saturated carbocycles. The second-order valence-corrected chi connectivity index (χ2v) is 4.18. The fourth-order valence-corrected chi connectivity index (χ4v) is 1.79. The molecule has 0 bridgehead atoms. The molecule has 8 heteroatoms. The van der Waals surface area contributed by atoms with Gasteiger partial charge in [-0.3, -0.25) is 0 Å². The molecular weight excluding hydrogens is 287 g/mol. The Morgan fingerprint density at radius 2 is 2.00 bits per heavy atom. The summed E-state index contributed by atoms with van der Waals surface area (Å²) in [5.41, 5.74) is 0.251.